The van der Waals surface area contributed by atoms with Gasteiger partial charge in [-0.25, -0.2) is 0 Å². The second-order valence-electron chi connectivity index (χ2n) is 18.0. The van der Waals surface area contributed by atoms with Crippen LogP contribution in [-0.2, 0) is 18.8 Å². The summed E-state index contributed by atoms with van der Waals surface area (Å²) in [5.74, 6) is -0.636. The highest BCUT2D eigenvalue weighted by molar-refractivity contribution is 6.99. The molecule has 3 aromatic carbocycles. The molecule has 2 amide bonds. The number of hydrogen-bond donors (Lipinski definition) is 1. The summed E-state index contributed by atoms with van der Waals surface area (Å²) in [5, 5.41) is 12.7. The van der Waals surface area contributed by atoms with E-state index in [-0.39, 0.29) is 34.9 Å². The van der Waals surface area contributed by atoms with E-state index in [0.29, 0.717) is 38.2 Å². The molecule has 8 rings (SSSR count). The lowest BCUT2D eigenvalue weighted by Gasteiger charge is -2.44. The van der Waals surface area contributed by atoms with Gasteiger partial charge in [-0.05, 0) is 125 Å². The molecule has 2 aliphatic heterocycles. The van der Waals surface area contributed by atoms with Gasteiger partial charge in [0.15, 0.2) is 0 Å². The summed E-state index contributed by atoms with van der Waals surface area (Å²) < 4.78 is 14.4. The monoisotopic (exact) mass is 794 g/mol. The zero-order chi connectivity index (χ0) is 40.6. The summed E-state index contributed by atoms with van der Waals surface area (Å²) in [6.07, 6.45) is 10.7. The van der Waals surface area contributed by atoms with Crippen LogP contribution in [0.2, 0.25) is 5.04 Å². The molecule has 2 aliphatic carbocycles. The first-order chi connectivity index (χ1) is 28.0. The van der Waals surface area contributed by atoms with Crippen LogP contribution < -0.4 is 10.4 Å². The first kappa shape index (κ1) is 40.2. The zero-order valence-corrected chi connectivity index (χ0v) is 35.7. The molecule has 302 valence electrons. The number of benzene rings is 3. The first-order valence-corrected chi connectivity index (χ1v) is 23.3. The second-order valence-corrected chi connectivity index (χ2v) is 22.3. The van der Waals surface area contributed by atoms with Crippen molar-refractivity contribution in [2.75, 3.05) is 13.2 Å². The Balaban J connectivity index is 1.18. The molecule has 8 heteroatoms. The SMILES string of the molecule is Cc1cc(/C=C(/CC[C@H]2OC[C@H]3C2=C(CO[Si](c2ccccc2)(c2ccccc2)C(C)(C)C)C[C@H]2C(=O)N(C4CCCCC4)C(=O)[C@H]23)c2ccccn2)cc(C)c1O. The van der Waals surface area contributed by atoms with Crippen molar-refractivity contribution < 1.29 is 23.9 Å². The lowest BCUT2D eigenvalue weighted by Crippen LogP contribution is -2.66. The van der Waals surface area contributed by atoms with Gasteiger partial charge in [-0.15, -0.1) is 0 Å². The Morgan fingerprint density at radius 3 is 2.12 bits per heavy atom. The molecule has 1 aromatic heterocycles. The number of rotatable bonds is 11. The van der Waals surface area contributed by atoms with E-state index >= 15 is 0 Å². The molecule has 0 unspecified atom stereocenters. The van der Waals surface area contributed by atoms with E-state index in [1.165, 1.54) is 15.9 Å². The van der Waals surface area contributed by atoms with Crippen LogP contribution >= 0.6 is 0 Å². The molecular formula is C50H58N2O5Si. The van der Waals surface area contributed by atoms with Gasteiger partial charge in [0.1, 0.15) is 5.75 Å². The van der Waals surface area contributed by atoms with E-state index in [0.717, 1.165) is 65.6 Å². The van der Waals surface area contributed by atoms with Gasteiger partial charge in [0.2, 0.25) is 11.8 Å². The number of carbonyl (C=O) groups excluding carboxylic acids is 2. The molecule has 4 aromatic rings. The van der Waals surface area contributed by atoms with E-state index in [2.05, 4.69) is 87.5 Å². The molecule has 0 spiro atoms. The number of allylic oxidation sites excluding steroid dienone is 1. The maximum Gasteiger partial charge on any atom is 0.261 e. The number of ether oxygens (including phenoxy) is 1. The summed E-state index contributed by atoms with van der Waals surface area (Å²) in [6, 6.07) is 31.4. The topological polar surface area (TPSA) is 89.0 Å². The van der Waals surface area contributed by atoms with Crippen molar-refractivity contribution in [1.82, 2.24) is 9.88 Å². The minimum atomic E-state index is -2.91. The highest BCUT2D eigenvalue weighted by atomic mass is 28.4. The van der Waals surface area contributed by atoms with Crippen molar-refractivity contribution in [2.24, 2.45) is 17.8 Å². The van der Waals surface area contributed by atoms with Crippen molar-refractivity contribution in [3.63, 3.8) is 0 Å². The van der Waals surface area contributed by atoms with E-state index in [1.54, 1.807) is 4.90 Å². The number of phenols is 1. The molecular weight excluding hydrogens is 737 g/mol. The number of pyridine rings is 1. The van der Waals surface area contributed by atoms with Crippen LogP contribution in [-0.4, -0.2) is 60.5 Å². The highest BCUT2D eigenvalue weighted by Crippen LogP contribution is 2.51. The highest BCUT2D eigenvalue weighted by Gasteiger charge is 2.59. The molecule has 7 nitrogen and oxygen atoms in total. The molecule has 58 heavy (non-hydrogen) atoms. The number of hydrogen-bond acceptors (Lipinski definition) is 6. The summed E-state index contributed by atoms with van der Waals surface area (Å²) >= 11 is 0. The molecule has 3 fully saturated rings. The van der Waals surface area contributed by atoms with Crippen molar-refractivity contribution in [1.29, 1.82) is 0 Å². The van der Waals surface area contributed by atoms with E-state index in [4.69, 9.17) is 14.1 Å². The Morgan fingerprint density at radius 1 is 0.879 bits per heavy atom. The summed E-state index contributed by atoms with van der Waals surface area (Å²) in [7, 11) is -2.91. The normalized spacial score (nSPS) is 23.1. The molecule has 0 radical (unpaired) electrons. The third-order valence-electron chi connectivity index (χ3n) is 13.4. The maximum atomic E-state index is 14.5. The van der Waals surface area contributed by atoms with Gasteiger partial charge < -0.3 is 14.3 Å². The largest absolute Gasteiger partial charge is 0.507 e. The minimum Gasteiger partial charge on any atom is -0.507 e. The Hall–Kier alpha value is -4.63. The smallest absolute Gasteiger partial charge is 0.261 e. The van der Waals surface area contributed by atoms with Gasteiger partial charge >= 0.3 is 0 Å². The number of aromatic nitrogens is 1. The Morgan fingerprint density at radius 2 is 1.52 bits per heavy atom. The van der Waals surface area contributed by atoms with Crippen molar-refractivity contribution in [3.8, 4) is 5.75 Å². The number of likely N-dealkylation sites (tertiary alicyclic amines) is 1. The molecule has 2 saturated heterocycles. The molecule has 3 heterocycles. The van der Waals surface area contributed by atoms with Gasteiger partial charge in [-0.2, -0.15) is 0 Å². The molecule has 4 atom stereocenters. The summed E-state index contributed by atoms with van der Waals surface area (Å²) in [6.45, 7) is 11.5. The summed E-state index contributed by atoms with van der Waals surface area (Å²) in [4.78, 5) is 35.4. The zero-order valence-electron chi connectivity index (χ0n) is 34.7. The van der Waals surface area contributed by atoms with Crippen LogP contribution in [0.15, 0.2) is 108 Å². The van der Waals surface area contributed by atoms with Gasteiger partial charge in [0.25, 0.3) is 8.32 Å². The first-order valence-electron chi connectivity index (χ1n) is 21.4. The fourth-order valence-electron chi connectivity index (χ4n) is 10.7. The van der Waals surface area contributed by atoms with Crippen LogP contribution in [0, 0.1) is 31.6 Å². The van der Waals surface area contributed by atoms with Crippen LogP contribution in [0.25, 0.3) is 11.6 Å². The van der Waals surface area contributed by atoms with Crippen molar-refractivity contribution in [2.45, 2.75) is 103 Å². The number of phenolic OH excluding ortho intramolecular Hbond substituents is 1. The van der Waals surface area contributed by atoms with Crippen molar-refractivity contribution >= 4 is 42.2 Å². The third kappa shape index (κ3) is 7.44. The third-order valence-corrected chi connectivity index (χ3v) is 18.4. The van der Waals surface area contributed by atoms with Crippen LogP contribution in [0.5, 0.6) is 5.75 Å². The Kier molecular flexibility index (Phi) is 11.5. The Bertz CT molecular complexity index is 2130. The predicted octanol–water partition coefficient (Wildman–Crippen LogP) is 8.95. The standard InChI is InChI=1S/C50H58N2O5Si/c1-33-27-35(28-34(2)47(33)53)29-36(43-23-15-16-26-51-43)24-25-44-45-37(30-41-46(42(45)32-56-44)49(55)52(48(41)54)38-17-9-6-10-18-38)31-57-58(50(3,4)5,39-19-11-7-12-20-39)40-21-13-8-14-22-40/h7-8,11-16,19-23,26-29,38,41-42,44,46,53H,6,9-10,17-18,24-25,30-32H2,1-5H3/b36-29-/t41-,42+,44-,46-/m1/s1. The maximum absolute atomic E-state index is 14.5. The number of fused-ring (bicyclic) bond motifs is 3. The van der Waals surface area contributed by atoms with Gasteiger partial charge in [-0.3, -0.25) is 19.5 Å². The van der Waals surface area contributed by atoms with Crippen molar-refractivity contribution in [3.05, 3.63) is 131 Å². The lowest BCUT2D eigenvalue weighted by molar-refractivity contribution is -0.143. The van der Waals surface area contributed by atoms with E-state index in [1.807, 2.05) is 50.4 Å². The average Bonchev–Trinajstić information content (AvgIpc) is 3.76. The Labute approximate surface area is 345 Å². The van der Waals surface area contributed by atoms with Crippen LogP contribution in [0.4, 0.5) is 0 Å². The average molecular weight is 795 g/mol. The fraction of sp³-hybridized carbons (Fsp3) is 0.420. The number of imide groups is 1. The number of amides is 2. The number of nitrogens with zero attached hydrogens (tertiary/aromatic N) is 2. The van der Waals surface area contributed by atoms with Gasteiger partial charge in [0.05, 0.1) is 36.8 Å². The number of carbonyl (C=O) groups is 2. The number of aryl methyl sites for hydroxylation is 2. The summed E-state index contributed by atoms with van der Waals surface area (Å²) in [5.41, 5.74) is 6.94. The predicted molar refractivity (Wildman–Crippen MR) is 233 cm³/mol. The van der Waals surface area contributed by atoms with Crippen LogP contribution in [0.1, 0.15) is 94.5 Å². The fourth-order valence-corrected chi connectivity index (χ4v) is 15.2. The van der Waals surface area contributed by atoms with Gasteiger partial charge in [0, 0.05) is 18.2 Å². The molecule has 1 saturated carbocycles. The quantitative estimate of drug-likeness (QED) is 0.0927. The van der Waals surface area contributed by atoms with E-state index in [9.17, 15) is 14.7 Å². The lowest BCUT2D eigenvalue weighted by atomic mass is 9.69. The number of aromatic hydroxyl groups is 1. The van der Waals surface area contributed by atoms with Crippen LogP contribution in [0.3, 0.4) is 0 Å². The molecule has 4 aliphatic rings. The minimum absolute atomic E-state index is 0.00373. The second kappa shape index (κ2) is 16.6. The van der Waals surface area contributed by atoms with E-state index < -0.39 is 20.2 Å². The molecule has 1 N–H and O–H groups in total. The molecule has 0 bridgehead atoms. The van der Waals surface area contributed by atoms with Gasteiger partial charge in [-0.1, -0.05) is 107 Å².